The Morgan fingerprint density at radius 1 is 1.24 bits per heavy atom. The molecule has 1 fully saturated rings. The first-order valence-electron chi connectivity index (χ1n) is 12.5. The average molecular weight is 539 g/mol. The maximum absolute atomic E-state index is 12.3. The van der Waals surface area contributed by atoms with Crippen LogP contribution < -0.4 is 20.3 Å². The van der Waals surface area contributed by atoms with Gasteiger partial charge in [-0.3, -0.25) is 9.48 Å². The molecular weight excluding hydrogens is 504 g/mol. The Balaban J connectivity index is 1.71. The molecule has 38 heavy (non-hydrogen) atoms. The van der Waals surface area contributed by atoms with Gasteiger partial charge in [0.1, 0.15) is 5.75 Å². The first-order valence-corrected chi connectivity index (χ1v) is 12.9. The van der Waals surface area contributed by atoms with E-state index in [0.29, 0.717) is 39.8 Å². The highest BCUT2D eigenvalue weighted by Crippen LogP contribution is 2.40. The lowest BCUT2D eigenvalue weighted by Crippen LogP contribution is -2.42. The molecule has 1 amide bonds. The third kappa shape index (κ3) is 5.61. The molecule has 0 unspecified atom stereocenters. The number of carbonyl (C=O) groups is 1. The van der Waals surface area contributed by atoms with E-state index >= 15 is 0 Å². The molecule has 0 aliphatic carbocycles. The molecular formula is C27H35ClN8O2. The normalized spacial score (nSPS) is 14.1. The van der Waals surface area contributed by atoms with Crippen molar-refractivity contribution in [2.75, 3.05) is 49.8 Å². The lowest BCUT2D eigenvalue weighted by molar-refractivity contribution is -0.111. The van der Waals surface area contributed by atoms with E-state index in [-0.39, 0.29) is 5.91 Å². The third-order valence-corrected chi connectivity index (χ3v) is 7.31. The van der Waals surface area contributed by atoms with Crippen LogP contribution in [0.5, 0.6) is 5.75 Å². The van der Waals surface area contributed by atoms with Gasteiger partial charge in [-0.1, -0.05) is 18.2 Å². The lowest BCUT2D eigenvalue weighted by Gasteiger charge is -2.37. The molecule has 3 heterocycles. The van der Waals surface area contributed by atoms with Gasteiger partial charge < -0.3 is 25.2 Å². The first kappa shape index (κ1) is 27.4. The molecule has 2 N–H and O–H groups in total. The van der Waals surface area contributed by atoms with Crippen molar-refractivity contribution in [3.63, 3.8) is 0 Å². The van der Waals surface area contributed by atoms with E-state index in [9.17, 15) is 4.79 Å². The molecule has 11 heteroatoms. The van der Waals surface area contributed by atoms with Crippen LogP contribution in [0.4, 0.5) is 23.0 Å². The maximum Gasteiger partial charge on any atom is 0.247 e. The number of nitrogens with one attached hydrogen (secondary N) is 2. The number of piperidine rings is 1. The molecule has 3 aromatic rings. The SMILES string of the molecule is C=CC(=O)Nc1cc(Nc2ncc(Cl)c(-c3c(C)nn(C)c3C)n2)c(OC)cc1N1CCC(N(C)C)CC1. The predicted molar refractivity (Wildman–Crippen MR) is 153 cm³/mol. The van der Waals surface area contributed by atoms with Gasteiger partial charge in [0.05, 0.1) is 46.8 Å². The van der Waals surface area contributed by atoms with Gasteiger partial charge >= 0.3 is 0 Å². The van der Waals surface area contributed by atoms with E-state index in [1.807, 2.05) is 33.0 Å². The van der Waals surface area contributed by atoms with Crippen LogP contribution in [0, 0.1) is 13.8 Å². The third-order valence-electron chi connectivity index (χ3n) is 7.03. The van der Waals surface area contributed by atoms with Gasteiger partial charge in [0, 0.05) is 43.5 Å². The molecule has 1 aromatic carbocycles. The van der Waals surface area contributed by atoms with E-state index in [2.05, 4.69) is 51.2 Å². The van der Waals surface area contributed by atoms with Crippen LogP contribution in [0.15, 0.2) is 31.0 Å². The molecule has 0 atom stereocenters. The molecule has 0 spiro atoms. The molecule has 10 nitrogen and oxygen atoms in total. The minimum absolute atomic E-state index is 0.293. The van der Waals surface area contributed by atoms with Crippen molar-refractivity contribution in [1.82, 2.24) is 24.6 Å². The fourth-order valence-electron chi connectivity index (χ4n) is 4.84. The molecule has 1 aliphatic rings. The van der Waals surface area contributed by atoms with E-state index in [4.69, 9.17) is 21.3 Å². The highest BCUT2D eigenvalue weighted by Gasteiger charge is 2.25. The van der Waals surface area contributed by atoms with Gasteiger partial charge in [0.25, 0.3) is 0 Å². The van der Waals surface area contributed by atoms with Crippen molar-refractivity contribution in [3.8, 4) is 17.0 Å². The smallest absolute Gasteiger partial charge is 0.247 e. The Morgan fingerprint density at radius 3 is 2.53 bits per heavy atom. The lowest BCUT2D eigenvalue weighted by atomic mass is 10.0. The van der Waals surface area contributed by atoms with Crippen LogP contribution in [0.25, 0.3) is 11.3 Å². The van der Waals surface area contributed by atoms with Crippen LogP contribution in [0.3, 0.4) is 0 Å². The quantitative estimate of drug-likeness (QED) is 0.403. The second-order valence-corrected chi connectivity index (χ2v) is 10.0. The van der Waals surface area contributed by atoms with Gasteiger partial charge in [0.2, 0.25) is 11.9 Å². The van der Waals surface area contributed by atoms with E-state index < -0.39 is 0 Å². The summed E-state index contributed by atoms with van der Waals surface area (Å²) in [6.07, 6.45) is 4.87. The summed E-state index contributed by atoms with van der Waals surface area (Å²) in [5, 5.41) is 11.1. The Labute approximate surface area is 228 Å². The van der Waals surface area contributed by atoms with Gasteiger partial charge in [-0.25, -0.2) is 9.97 Å². The molecule has 0 saturated carbocycles. The van der Waals surface area contributed by atoms with Gasteiger partial charge in [0.15, 0.2) is 0 Å². The summed E-state index contributed by atoms with van der Waals surface area (Å²) < 4.78 is 7.55. The first-order chi connectivity index (χ1) is 18.1. The van der Waals surface area contributed by atoms with Crippen LogP contribution in [0.1, 0.15) is 24.2 Å². The van der Waals surface area contributed by atoms with Crippen molar-refractivity contribution >= 4 is 40.5 Å². The molecule has 2 aromatic heterocycles. The van der Waals surface area contributed by atoms with Crippen LogP contribution in [0.2, 0.25) is 5.02 Å². The Kier molecular flexibility index (Phi) is 8.23. The maximum atomic E-state index is 12.3. The summed E-state index contributed by atoms with van der Waals surface area (Å²) >= 11 is 6.50. The summed E-state index contributed by atoms with van der Waals surface area (Å²) in [6, 6.07) is 4.30. The number of aryl methyl sites for hydroxylation is 2. The van der Waals surface area contributed by atoms with Gasteiger partial charge in [-0.2, -0.15) is 5.10 Å². The fourth-order valence-corrected chi connectivity index (χ4v) is 5.03. The predicted octanol–water partition coefficient (Wildman–Crippen LogP) is 4.55. The Bertz CT molecular complexity index is 1350. The van der Waals surface area contributed by atoms with Crippen molar-refractivity contribution in [2.24, 2.45) is 7.05 Å². The zero-order chi connectivity index (χ0) is 27.6. The number of methoxy groups -OCH3 is 1. The van der Waals surface area contributed by atoms with Crippen molar-refractivity contribution < 1.29 is 9.53 Å². The number of hydrogen-bond acceptors (Lipinski definition) is 8. The molecule has 1 saturated heterocycles. The zero-order valence-electron chi connectivity index (χ0n) is 22.8. The number of halogens is 1. The van der Waals surface area contributed by atoms with Crippen molar-refractivity contribution in [3.05, 3.63) is 47.4 Å². The van der Waals surface area contributed by atoms with E-state index in [0.717, 1.165) is 48.6 Å². The fraction of sp³-hybridized carbons (Fsp3) is 0.407. The van der Waals surface area contributed by atoms with Crippen molar-refractivity contribution in [1.29, 1.82) is 0 Å². The average Bonchev–Trinajstić information content (AvgIpc) is 3.15. The minimum Gasteiger partial charge on any atom is -0.494 e. The number of hydrogen-bond donors (Lipinski definition) is 2. The molecule has 4 rings (SSSR count). The number of amides is 1. The molecule has 0 radical (unpaired) electrons. The number of anilines is 4. The summed E-state index contributed by atoms with van der Waals surface area (Å²) in [7, 11) is 7.72. The summed E-state index contributed by atoms with van der Waals surface area (Å²) in [5.74, 6) is 0.643. The highest BCUT2D eigenvalue weighted by atomic mass is 35.5. The van der Waals surface area contributed by atoms with Crippen LogP contribution in [-0.2, 0) is 11.8 Å². The van der Waals surface area contributed by atoms with Crippen LogP contribution >= 0.6 is 11.6 Å². The molecule has 1 aliphatic heterocycles. The number of benzene rings is 1. The number of nitrogens with zero attached hydrogens (tertiary/aromatic N) is 6. The van der Waals surface area contributed by atoms with Crippen LogP contribution in [-0.4, -0.2) is 70.9 Å². The van der Waals surface area contributed by atoms with Gasteiger partial charge in [-0.15, -0.1) is 0 Å². The molecule has 0 bridgehead atoms. The number of rotatable bonds is 8. The second kappa shape index (κ2) is 11.4. The number of ether oxygens (including phenoxy) is 1. The minimum atomic E-state index is -0.293. The second-order valence-electron chi connectivity index (χ2n) is 9.63. The Hall–Kier alpha value is -3.63. The van der Waals surface area contributed by atoms with Gasteiger partial charge in [-0.05, 0) is 52.9 Å². The summed E-state index contributed by atoms with van der Waals surface area (Å²) in [6.45, 7) is 9.23. The standard InChI is InChI=1S/C27H35ClN8O2/c1-8-24(37)30-20-13-21(23(38-7)14-22(20)36-11-9-18(10-12-36)34(4)5)31-27-29-15-19(28)26(32-27)25-16(2)33-35(6)17(25)3/h8,13-15,18H,1,9-12H2,2-7H3,(H,30,37)(H,29,31,32). The monoisotopic (exact) mass is 538 g/mol. The number of carbonyl (C=O) groups excluding carboxylic acids is 1. The van der Waals surface area contributed by atoms with Crippen molar-refractivity contribution in [2.45, 2.75) is 32.7 Å². The number of aromatic nitrogens is 4. The molecule has 202 valence electrons. The highest BCUT2D eigenvalue weighted by molar-refractivity contribution is 6.33. The largest absolute Gasteiger partial charge is 0.494 e. The van der Waals surface area contributed by atoms with E-state index in [1.54, 1.807) is 18.0 Å². The summed E-state index contributed by atoms with van der Waals surface area (Å²) in [4.78, 5) is 26.0. The van der Waals surface area contributed by atoms with E-state index in [1.165, 1.54) is 6.08 Å². The zero-order valence-corrected chi connectivity index (χ0v) is 23.6. The topological polar surface area (TPSA) is 100 Å². The Morgan fingerprint density at radius 2 is 1.95 bits per heavy atom. The summed E-state index contributed by atoms with van der Waals surface area (Å²) in [5.41, 5.74) is 5.37.